The number of esters is 1. The molecule has 0 spiro atoms. The van der Waals surface area contributed by atoms with Gasteiger partial charge in [0.25, 0.3) is 0 Å². The molecule has 156 valence electrons. The summed E-state index contributed by atoms with van der Waals surface area (Å²) in [5.41, 5.74) is 1.02. The molecule has 1 aliphatic carbocycles. The van der Waals surface area contributed by atoms with E-state index in [9.17, 15) is 9.59 Å². The molecule has 0 unspecified atom stereocenters. The SMILES string of the molecule is Cc1cc(COC(=O)c2ccccc2SCC(=O)NC2CCCCCCC2)no1. The van der Waals surface area contributed by atoms with Gasteiger partial charge in [-0.05, 0) is 31.9 Å². The first kappa shape index (κ1) is 21.4. The Morgan fingerprint density at radius 3 is 2.62 bits per heavy atom. The summed E-state index contributed by atoms with van der Waals surface area (Å²) in [5, 5.41) is 6.98. The molecule has 1 aromatic heterocycles. The number of rotatable bonds is 7. The molecule has 1 aromatic carbocycles. The third-order valence-electron chi connectivity index (χ3n) is 4.96. The minimum atomic E-state index is -0.436. The zero-order chi connectivity index (χ0) is 20.5. The lowest BCUT2D eigenvalue weighted by Gasteiger charge is -2.21. The highest BCUT2D eigenvalue weighted by molar-refractivity contribution is 8.00. The molecule has 3 rings (SSSR count). The van der Waals surface area contributed by atoms with E-state index >= 15 is 0 Å². The van der Waals surface area contributed by atoms with Gasteiger partial charge in [0.15, 0.2) is 0 Å². The largest absolute Gasteiger partial charge is 0.455 e. The van der Waals surface area contributed by atoms with Gasteiger partial charge in [0, 0.05) is 17.0 Å². The van der Waals surface area contributed by atoms with Gasteiger partial charge in [0.1, 0.15) is 18.1 Å². The van der Waals surface area contributed by atoms with E-state index in [1.807, 2.05) is 12.1 Å². The minimum Gasteiger partial charge on any atom is -0.455 e. The lowest BCUT2D eigenvalue weighted by Crippen LogP contribution is -2.36. The number of benzene rings is 1. The number of aromatic nitrogens is 1. The van der Waals surface area contributed by atoms with Gasteiger partial charge in [-0.2, -0.15) is 0 Å². The molecule has 0 saturated heterocycles. The van der Waals surface area contributed by atoms with Crippen molar-refractivity contribution in [2.24, 2.45) is 0 Å². The molecular weight excluding hydrogens is 388 g/mol. The van der Waals surface area contributed by atoms with Crippen LogP contribution >= 0.6 is 11.8 Å². The van der Waals surface area contributed by atoms with E-state index in [-0.39, 0.29) is 24.3 Å². The van der Waals surface area contributed by atoms with Crippen LogP contribution in [-0.2, 0) is 16.1 Å². The molecule has 1 N–H and O–H groups in total. The van der Waals surface area contributed by atoms with Crippen molar-refractivity contribution < 1.29 is 18.8 Å². The molecule has 0 radical (unpaired) electrons. The molecule has 29 heavy (non-hydrogen) atoms. The Bertz CT molecular complexity index is 813. The Labute approximate surface area is 175 Å². The van der Waals surface area contributed by atoms with Crippen LogP contribution in [0.2, 0.25) is 0 Å². The summed E-state index contributed by atoms with van der Waals surface area (Å²) in [6.07, 6.45) is 8.28. The van der Waals surface area contributed by atoms with E-state index in [1.54, 1.807) is 25.1 Å². The average molecular weight is 417 g/mol. The zero-order valence-electron chi connectivity index (χ0n) is 16.8. The number of amides is 1. The van der Waals surface area contributed by atoms with E-state index in [0.717, 1.165) is 17.7 Å². The monoisotopic (exact) mass is 416 g/mol. The van der Waals surface area contributed by atoms with Crippen molar-refractivity contribution >= 4 is 23.6 Å². The lowest BCUT2D eigenvalue weighted by atomic mass is 9.97. The van der Waals surface area contributed by atoms with Gasteiger partial charge in [0.05, 0.1) is 11.3 Å². The number of nitrogens with zero attached hydrogens (tertiary/aromatic N) is 1. The van der Waals surface area contributed by atoms with Crippen molar-refractivity contribution in [2.45, 2.75) is 69.4 Å². The molecule has 7 heteroatoms. The summed E-state index contributed by atoms with van der Waals surface area (Å²) in [7, 11) is 0. The predicted octanol–water partition coefficient (Wildman–Crippen LogP) is 4.66. The number of hydrogen-bond acceptors (Lipinski definition) is 6. The van der Waals surface area contributed by atoms with Crippen molar-refractivity contribution in [1.82, 2.24) is 10.5 Å². The second kappa shape index (κ2) is 11.0. The van der Waals surface area contributed by atoms with Crippen molar-refractivity contribution in [3.63, 3.8) is 0 Å². The Morgan fingerprint density at radius 2 is 1.90 bits per heavy atom. The first-order chi connectivity index (χ1) is 14.1. The maximum Gasteiger partial charge on any atom is 0.339 e. The number of thioether (sulfide) groups is 1. The molecule has 1 aliphatic rings. The van der Waals surface area contributed by atoms with E-state index < -0.39 is 5.97 Å². The number of aryl methyl sites for hydroxylation is 1. The lowest BCUT2D eigenvalue weighted by molar-refractivity contribution is -0.119. The third-order valence-corrected chi connectivity index (χ3v) is 6.04. The summed E-state index contributed by atoms with van der Waals surface area (Å²) in [6, 6.07) is 9.20. The van der Waals surface area contributed by atoms with Crippen molar-refractivity contribution in [2.75, 3.05) is 5.75 Å². The fourth-order valence-corrected chi connectivity index (χ4v) is 4.33. The highest BCUT2D eigenvalue weighted by atomic mass is 32.2. The zero-order valence-corrected chi connectivity index (χ0v) is 17.6. The molecule has 1 fully saturated rings. The highest BCUT2D eigenvalue weighted by Crippen LogP contribution is 2.24. The van der Waals surface area contributed by atoms with Crippen molar-refractivity contribution in [3.8, 4) is 0 Å². The number of hydrogen-bond donors (Lipinski definition) is 1. The van der Waals surface area contributed by atoms with Crippen LogP contribution in [0.3, 0.4) is 0 Å². The molecule has 1 saturated carbocycles. The fourth-order valence-electron chi connectivity index (χ4n) is 3.48. The third kappa shape index (κ3) is 6.92. The van der Waals surface area contributed by atoms with Gasteiger partial charge in [-0.3, -0.25) is 4.79 Å². The highest BCUT2D eigenvalue weighted by Gasteiger charge is 2.17. The normalized spacial score (nSPS) is 15.3. The molecule has 2 aromatic rings. The summed E-state index contributed by atoms with van der Waals surface area (Å²) in [4.78, 5) is 25.6. The van der Waals surface area contributed by atoms with Crippen LogP contribution in [0.5, 0.6) is 0 Å². The van der Waals surface area contributed by atoms with Gasteiger partial charge < -0.3 is 14.6 Å². The summed E-state index contributed by atoms with van der Waals surface area (Å²) in [6.45, 7) is 1.84. The smallest absolute Gasteiger partial charge is 0.339 e. The van der Waals surface area contributed by atoms with Crippen molar-refractivity contribution in [3.05, 3.63) is 47.3 Å². The predicted molar refractivity (Wildman–Crippen MR) is 112 cm³/mol. The molecule has 0 atom stereocenters. The topological polar surface area (TPSA) is 81.4 Å². The average Bonchev–Trinajstić information content (AvgIpc) is 3.12. The summed E-state index contributed by atoms with van der Waals surface area (Å²) >= 11 is 1.36. The van der Waals surface area contributed by atoms with Crippen LogP contribution < -0.4 is 5.32 Å². The van der Waals surface area contributed by atoms with Crippen LogP contribution in [0, 0.1) is 6.92 Å². The maximum atomic E-state index is 12.5. The molecule has 0 aliphatic heterocycles. The number of carbonyl (C=O) groups is 2. The molecular formula is C22H28N2O4S. The maximum absolute atomic E-state index is 12.5. The molecule has 1 amide bonds. The minimum absolute atomic E-state index is 0.0156. The van der Waals surface area contributed by atoms with Gasteiger partial charge in [-0.25, -0.2) is 4.79 Å². The van der Waals surface area contributed by atoms with Crippen molar-refractivity contribution in [1.29, 1.82) is 0 Å². The van der Waals surface area contributed by atoms with Crippen LogP contribution in [0.25, 0.3) is 0 Å². The molecule has 0 bridgehead atoms. The van der Waals surface area contributed by atoms with E-state index in [1.165, 1.54) is 43.9 Å². The van der Waals surface area contributed by atoms with Crippen LogP contribution in [0.15, 0.2) is 39.8 Å². The van der Waals surface area contributed by atoms with E-state index in [2.05, 4.69) is 10.5 Å². The van der Waals surface area contributed by atoms with E-state index in [4.69, 9.17) is 9.26 Å². The van der Waals surface area contributed by atoms with Crippen LogP contribution in [0.1, 0.15) is 66.8 Å². The number of nitrogens with one attached hydrogen (secondary N) is 1. The van der Waals surface area contributed by atoms with E-state index in [0.29, 0.717) is 17.0 Å². The number of carbonyl (C=O) groups excluding carboxylic acids is 2. The van der Waals surface area contributed by atoms with Gasteiger partial charge >= 0.3 is 5.97 Å². The fraction of sp³-hybridized carbons (Fsp3) is 0.500. The quantitative estimate of drug-likeness (QED) is 0.522. The Balaban J connectivity index is 1.51. The molecule has 1 heterocycles. The van der Waals surface area contributed by atoms with Gasteiger partial charge in [-0.1, -0.05) is 49.4 Å². The first-order valence-corrected chi connectivity index (χ1v) is 11.2. The van der Waals surface area contributed by atoms with Gasteiger partial charge in [-0.15, -0.1) is 11.8 Å². The molecule has 6 nitrogen and oxygen atoms in total. The summed E-state index contributed by atoms with van der Waals surface area (Å²) < 4.78 is 10.3. The second-order valence-corrected chi connectivity index (χ2v) is 8.42. The van der Waals surface area contributed by atoms with Crippen LogP contribution in [0.4, 0.5) is 0 Å². The first-order valence-electron chi connectivity index (χ1n) is 10.2. The van der Waals surface area contributed by atoms with Crippen LogP contribution in [-0.4, -0.2) is 28.8 Å². The Morgan fingerprint density at radius 1 is 1.17 bits per heavy atom. The Hall–Kier alpha value is -2.28. The standard InChI is InChI=1S/C22H28N2O4S/c1-16-13-18(24-28-16)14-27-22(26)19-11-7-8-12-20(19)29-15-21(25)23-17-9-5-3-2-4-6-10-17/h7-8,11-13,17H,2-6,9-10,14-15H2,1H3,(H,23,25). The van der Waals surface area contributed by atoms with Gasteiger partial charge in [0.2, 0.25) is 5.91 Å². The Kier molecular flexibility index (Phi) is 8.16. The summed E-state index contributed by atoms with van der Waals surface area (Å²) in [5.74, 6) is 0.529. The number of ether oxygens (including phenoxy) is 1. The second-order valence-electron chi connectivity index (χ2n) is 7.40.